The Morgan fingerprint density at radius 2 is 1.88 bits per heavy atom. The minimum atomic E-state index is -0.879. The van der Waals surface area contributed by atoms with Crippen LogP contribution in [0.3, 0.4) is 0 Å². The van der Waals surface area contributed by atoms with Gasteiger partial charge in [0.1, 0.15) is 0 Å². The molecule has 2 amide bonds. The van der Waals surface area contributed by atoms with Crippen molar-refractivity contribution in [2.24, 2.45) is 0 Å². The maximum absolute atomic E-state index is 12.7. The maximum atomic E-state index is 12.7. The average Bonchev–Trinajstić information content (AvgIpc) is 2.93. The lowest BCUT2D eigenvalue weighted by molar-refractivity contribution is -0.0439. The Hall–Kier alpha value is -2.40. The number of amides is 2. The van der Waals surface area contributed by atoms with Crippen molar-refractivity contribution in [2.75, 3.05) is 0 Å². The summed E-state index contributed by atoms with van der Waals surface area (Å²) in [5.41, 5.74) is 1.07. The van der Waals surface area contributed by atoms with E-state index in [4.69, 9.17) is 0 Å². The first-order valence-electron chi connectivity index (χ1n) is 8.89. The largest absolute Gasteiger partial charge is 0.385 e. The molecule has 2 atom stereocenters. The van der Waals surface area contributed by atoms with Gasteiger partial charge in [-0.3, -0.25) is 4.98 Å². The monoisotopic (exact) mass is 337 g/mol. The van der Waals surface area contributed by atoms with E-state index in [0.717, 1.165) is 24.0 Å². The van der Waals surface area contributed by atoms with Gasteiger partial charge in [-0.05, 0) is 24.5 Å². The number of piperidine rings is 1. The molecule has 2 N–H and O–H groups in total. The molecular formula is C20H23N3O2. The number of urea groups is 1. The van der Waals surface area contributed by atoms with Crippen LogP contribution in [0.4, 0.5) is 4.79 Å². The van der Waals surface area contributed by atoms with Crippen LogP contribution in [-0.2, 0) is 12.1 Å². The molecule has 2 aliphatic heterocycles. The third-order valence-corrected chi connectivity index (χ3v) is 5.49. The van der Waals surface area contributed by atoms with E-state index in [-0.39, 0.29) is 18.1 Å². The Labute approximate surface area is 147 Å². The zero-order chi connectivity index (χ0) is 17.3. The first kappa shape index (κ1) is 16.1. The fraction of sp³-hybridized carbons (Fsp3) is 0.400. The zero-order valence-corrected chi connectivity index (χ0v) is 14.1. The van der Waals surface area contributed by atoms with E-state index >= 15 is 0 Å². The molecule has 0 radical (unpaired) electrons. The molecular weight excluding hydrogens is 314 g/mol. The smallest absolute Gasteiger partial charge is 0.318 e. The number of benzene rings is 1. The Balaban J connectivity index is 1.44. The molecule has 2 unspecified atom stereocenters. The third-order valence-electron chi connectivity index (χ3n) is 5.49. The predicted octanol–water partition coefficient (Wildman–Crippen LogP) is 2.81. The number of rotatable bonds is 3. The van der Waals surface area contributed by atoms with E-state index in [1.807, 2.05) is 47.4 Å². The highest BCUT2D eigenvalue weighted by molar-refractivity contribution is 5.75. The fourth-order valence-electron chi connectivity index (χ4n) is 4.30. The van der Waals surface area contributed by atoms with Gasteiger partial charge < -0.3 is 15.3 Å². The molecule has 25 heavy (non-hydrogen) atoms. The Kier molecular flexibility index (Phi) is 4.17. The SMILES string of the molecule is O=C(NCc1ccccc1)N1C2CCC1CC(O)(c1cccnc1)C2. The van der Waals surface area contributed by atoms with Crippen molar-refractivity contribution >= 4 is 6.03 Å². The quantitative estimate of drug-likeness (QED) is 0.905. The van der Waals surface area contributed by atoms with Gasteiger partial charge in [0.2, 0.25) is 0 Å². The molecule has 2 saturated heterocycles. The molecule has 0 spiro atoms. The number of hydrogen-bond acceptors (Lipinski definition) is 3. The normalized spacial score (nSPS) is 28.0. The van der Waals surface area contributed by atoms with Crippen LogP contribution >= 0.6 is 0 Å². The van der Waals surface area contributed by atoms with Gasteiger partial charge in [0.05, 0.1) is 5.60 Å². The first-order chi connectivity index (χ1) is 12.2. The average molecular weight is 337 g/mol. The maximum Gasteiger partial charge on any atom is 0.318 e. The standard InChI is InChI=1S/C20H23N3O2/c24-19(22-13-15-5-2-1-3-6-15)23-17-8-9-18(23)12-20(25,11-17)16-7-4-10-21-14-16/h1-7,10,14,17-18,25H,8-9,11-13H2,(H,22,24). The van der Waals surface area contributed by atoms with E-state index in [0.29, 0.717) is 19.4 Å². The van der Waals surface area contributed by atoms with E-state index < -0.39 is 5.60 Å². The molecule has 5 nitrogen and oxygen atoms in total. The predicted molar refractivity (Wildman–Crippen MR) is 94.7 cm³/mol. The number of nitrogens with zero attached hydrogens (tertiary/aromatic N) is 2. The Morgan fingerprint density at radius 3 is 2.52 bits per heavy atom. The number of nitrogens with one attached hydrogen (secondary N) is 1. The fourth-order valence-corrected chi connectivity index (χ4v) is 4.30. The van der Waals surface area contributed by atoms with Gasteiger partial charge >= 0.3 is 6.03 Å². The van der Waals surface area contributed by atoms with Gasteiger partial charge in [0.15, 0.2) is 0 Å². The highest BCUT2D eigenvalue weighted by Gasteiger charge is 2.50. The van der Waals surface area contributed by atoms with Gasteiger partial charge in [-0.1, -0.05) is 36.4 Å². The summed E-state index contributed by atoms with van der Waals surface area (Å²) in [7, 11) is 0. The van der Waals surface area contributed by atoms with Crippen molar-refractivity contribution < 1.29 is 9.90 Å². The number of aromatic nitrogens is 1. The molecule has 3 heterocycles. The van der Waals surface area contributed by atoms with Crippen molar-refractivity contribution in [3.8, 4) is 0 Å². The van der Waals surface area contributed by atoms with Crippen molar-refractivity contribution in [3.63, 3.8) is 0 Å². The molecule has 2 fully saturated rings. The summed E-state index contributed by atoms with van der Waals surface area (Å²) in [6.07, 6.45) is 6.51. The minimum Gasteiger partial charge on any atom is -0.385 e. The second-order valence-corrected chi connectivity index (χ2v) is 7.12. The van der Waals surface area contributed by atoms with Crippen LogP contribution in [0.25, 0.3) is 0 Å². The number of fused-ring (bicyclic) bond motifs is 2. The van der Waals surface area contributed by atoms with Gasteiger partial charge in [0.25, 0.3) is 0 Å². The molecule has 0 aliphatic carbocycles. The van der Waals surface area contributed by atoms with Gasteiger partial charge in [-0.15, -0.1) is 0 Å². The summed E-state index contributed by atoms with van der Waals surface area (Å²) in [5, 5.41) is 14.2. The Bertz CT molecular complexity index is 721. The summed E-state index contributed by atoms with van der Waals surface area (Å²) < 4.78 is 0. The third kappa shape index (κ3) is 3.12. The number of pyridine rings is 1. The molecule has 4 rings (SSSR count). The lowest BCUT2D eigenvalue weighted by atomic mass is 9.81. The lowest BCUT2D eigenvalue weighted by Crippen LogP contribution is -2.54. The number of aliphatic hydroxyl groups is 1. The molecule has 2 aromatic rings. The van der Waals surface area contributed by atoms with Crippen LogP contribution in [0, 0.1) is 0 Å². The van der Waals surface area contributed by atoms with E-state index in [1.165, 1.54) is 0 Å². The van der Waals surface area contributed by atoms with Gasteiger partial charge in [-0.2, -0.15) is 0 Å². The van der Waals surface area contributed by atoms with Crippen LogP contribution in [0.5, 0.6) is 0 Å². The molecule has 5 heteroatoms. The minimum absolute atomic E-state index is 0.0235. The van der Waals surface area contributed by atoms with Crippen molar-refractivity contribution in [1.29, 1.82) is 0 Å². The van der Waals surface area contributed by atoms with Crippen LogP contribution in [0.2, 0.25) is 0 Å². The molecule has 2 aliphatic rings. The topological polar surface area (TPSA) is 65.5 Å². The molecule has 0 saturated carbocycles. The van der Waals surface area contributed by atoms with Crippen molar-refractivity contribution in [3.05, 3.63) is 66.0 Å². The van der Waals surface area contributed by atoms with Crippen molar-refractivity contribution in [1.82, 2.24) is 15.2 Å². The second kappa shape index (κ2) is 6.48. The van der Waals surface area contributed by atoms with Crippen LogP contribution in [0.15, 0.2) is 54.9 Å². The summed E-state index contributed by atoms with van der Waals surface area (Å²) >= 11 is 0. The summed E-state index contributed by atoms with van der Waals surface area (Å²) in [5.74, 6) is 0. The number of carbonyl (C=O) groups excluding carboxylic acids is 1. The van der Waals surface area contributed by atoms with E-state index in [2.05, 4.69) is 10.3 Å². The van der Waals surface area contributed by atoms with Gasteiger partial charge in [0, 0.05) is 49.4 Å². The molecule has 1 aromatic carbocycles. The molecule has 130 valence electrons. The van der Waals surface area contributed by atoms with Crippen LogP contribution in [0.1, 0.15) is 36.8 Å². The zero-order valence-electron chi connectivity index (χ0n) is 14.1. The summed E-state index contributed by atoms with van der Waals surface area (Å²) in [4.78, 5) is 18.8. The van der Waals surface area contributed by atoms with Crippen LogP contribution < -0.4 is 5.32 Å². The first-order valence-corrected chi connectivity index (χ1v) is 8.89. The van der Waals surface area contributed by atoms with Crippen LogP contribution in [-0.4, -0.2) is 33.1 Å². The van der Waals surface area contributed by atoms with E-state index in [1.54, 1.807) is 12.4 Å². The highest BCUT2D eigenvalue weighted by Crippen LogP contribution is 2.45. The summed E-state index contributed by atoms with van der Waals surface area (Å²) in [6, 6.07) is 13.9. The highest BCUT2D eigenvalue weighted by atomic mass is 16.3. The lowest BCUT2D eigenvalue weighted by Gasteiger charge is -2.43. The number of carbonyl (C=O) groups is 1. The molecule has 2 bridgehead atoms. The molecule has 1 aromatic heterocycles. The number of hydrogen-bond donors (Lipinski definition) is 2. The van der Waals surface area contributed by atoms with Crippen molar-refractivity contribution in [2.45, 2.75) is 49.9 Å². The second-order valence-electron chi connectivity index (χ2n) is 7.12. The van der Waals surface area contributed by atoms with E-state index in [9.17, 15) is 9.90 Å². The van der Waals surface area contributed by atoms with Gasteiger partial charge in [-0.25, -0.2) is 4.79 Å². The summed E-state index contributed by atoms with van der Waals surface area (Å²) in [6.45, 7) is 0.530. The Morgan fingerprint density at radius 1 is 1.16 bits per heavy atom.